The molecule has 0 amide bonds. The lowest BCUT2D eigenvalue weighted by molar-refractivity contribution is -0.384. The van der Waals surface area contributed by atoms with Crippen LogP contribution in [0.3, 0.4) is 0 Å². The van der Waals surface area contributed by atoms with Crippen molar-refractivity contribution in [3.8, 4) is 16.8 Å². The Labute approximate surface area is 185 Å². The molecule has 0 aliphatic rings. The monoisotopic (exact) mass is 433 g/mol. The van der Waals surface area contributed by atoms with Crippen LogP contribution in [0.5, 0.6) is 0 Å². The zero-order chi connectivity index (χ0) is 22.5. The number of hydrogen-bond acceptors (Lipinski definition) is 5. The second kappa shape index (κ2) is 7.10. The van der Waals surface area contributed by atoms with Gasteiger partial charge in [-0.2, -0.15) is 5.10 Å². The van der Waals surface area contributed by atoms with Crippen molar-refractivity contribution in [2.75, 3.05) is 0 Å². The predicted molar refractivity (Wildman–Crippen MR) is 127 cm³/mol. The highest BCUT2D eigenvalue weighted by atomic mass is 16.6. The van der Waals surface area contributed by atoms with Gasteiger partial charge in [-0.25, -0.2) is 9.67 Å². The molecule has 158 valence electrons. The third-order valence-electron chi connectivity index (χ3n) is 5.74. The van der Waals surface area contributed by atoms with Gasteiger partial charge in [0.2, 0.25) is 0 Å². The zero-order valence-corrected chi connectivity index (χ0v) is 17.1. The van der Waals surface area contributed by atoms with Crippen LogP contribution < -0.4 is 5.56 Å². The maximum Gasteiger partial charge on any atom is 0.269 e. The van der Waals surface area contributed by atoms with E-state index in [-0.39, 0.29) is 11.2 Å². The van der Waals surface area contributed by atoms with Crippen LogP contribution in [0.25, 0.3) is 49.7 Å². The summed E-state index contributed by atoms with van der Waals surface area (Å²) in [5.74, 6) is 0. The minimum absolute atomic E-state index is 0.0187. The number of nitrogens with zero attached hydrogens (tertiary/aromatic N) is 4. The van der Waals surface area contributed by atoms with Crippen molar-refractivity contribution in [1.82, 2.24) is 19.7 Å². The Morgan fingerprint density at radius 3 is 2.36 bits per heavy atom. The van der Waals surface area contributed by atoms with Gasteiger partial charge in [0.15, 0.2) is 0 Å². The minimum atomic E-state index is -0.458. The van der Waals surface area contributed by atoms with E-state index in [0.29, 0.717) is 27.6 Å². The first-order chi connectivity index (χ1) is 16.1. The molecule has 0 aliphatic heterocycles. The van der Waals surface area contributed by atoms with Crippen molar-refractivity contribution in [3.05, 3.63) is 106 Å². The second-order valence-electron chi connectivity index (χ2n) is 7.64. The molecule has 3 aromatic heterocycles. The number of nitro benzene ring substituents is 1. The first-order valence-electron chi connectivity index (χ1n) is 10.2. The van der Waals surface area contributed by atoms with Crippen LogP contribution in [-0.2, 0) is 0 Å². The lowest BCUT2D eigenvalue weighted by atomic mass is 9.96. The summed E-state index contributed by atoms with van der Waals surface area (Å²) in [6.07, 6.45) is 1.66. The van der Waals surface area contributed by atoms with Gasteiger partial charge in [-0.1, -0.05) is 48.5 Å². The van der Waals surface area contributed by atoms with Gasteiger partial charge < -0.3 is 4.98 Å². The summed E-state index contributed by atoms with van der Waals surface area (Å²) in [5.41, 5.74) is 3.85. The number of aromatic amines is 1. The van der Waals surface area contributed by atoms with E-state index < -0.39 is 4.92 Å². The number of nitrogens with one attached hydrogen (secondary N) is 1. The van der Waals surface area contributed by atoms with Gasteiger partial charge in [-0.15, -0.1) is 0 Å². The molecule has 0 saturated carbocycles. The number of fused-ring (bicyclic) bond motifs is 4. The fraction of sp³-hybridized carbons (Fsp3) is 0. The van der Waals surface area contributed by atoms with Gasteiger partial charge in [0.25, 0.3) is 11.2 Å². The lowest BCUT2D eigenvalue weighted by Gasteiger charge is -2.11. The number of pyridine rings is 2. The number of hydrogen-bond donors (Lipinski definition) is 1. The summed E-state index contributed by atoms with van der Waals surface area (Å²) >= 11 is 0. The summed E-state index contributed by atoms with van der Waals surface area (Å²) in [7, 11) is 0. The highest BCUT2D eigenvalue weighted by molar-refractivity contribution is 6.15. The molecule has 0 radical (unpaired) electrons. The smallest absolute Gasteiger partial charge is 0.269 e. The van der Waals surface area contributed by atoms with Crippen LogP contribution in [0.15, 0.2) is 89.9 Å². The molecule has 3 heterocycles. The van der Waals surface area contributed by atoms with E-state index in [4.69, 9.17) is 4.98 Å². The van der Waals surface area contributed by atoms with Gasteiger partial charge in [-0.3, -0.25) is 14.9 Å². The Hall–Kier alpha value is -4.85. The van der Waals surface area contributed by atoms with E-state index in [2.05, 4.69) is 10.1 Å². The highest BCUT2D eigenvalue weighted by Crippen LogP contribution is 2.35. The van der Waals surface area contributed by atoms with E-state index in [1.807, 2.05) is 54.6 Å². The van der Waals surface area contributed by atoms with Crippen molar-refractivity contribution in [1.29, 1.82) is 0 Å². The molecular formula is C25H15N5O3. The third-order valence-corrected chi connectivity index (χ3v) is 5.74. The molecule has 1 N–H and O–H groups in total. The normalized spacial score (nSPS) is 11.4. The number of nitro groups is 1. The van der Waals surface area contributed by atoms with Gasteiger partial charge in [0, 0.05) is 23.1 Å². The van der Waals surface area contributed by atoms with Gasteiger partial charge >= 0.3 is 0 Å². The molecule has 0 saturated heterocycles. The molecule has 3 aromatic carbocycles. The fourth-order valence-electron chi connectivity index (χ4n) is 4.26. The summed E-state index contributed by atoms with van der Waals surface area (Å²) < 4.78 is 1.55. The molecule has 0 unspecified atom stereocenters. The Morgan fingerprint density at radius 2 is 1.61 bits per heavy atom. The number of para-hydroxylation sites is 1. The van der Waals surface area contributed by atoms with Gasteiger partial charge in [0.05, 0.1) is 38.6 Å². The van der Waals surface area contributed by atoms with E-state index in [0.717, 1.165) is 22.0 Å². The lowest BCUT2D eigenvalue weighted by Crippen LogP contribution is -2.11. The SMILES string of the molecule is O=c1[nH]c2c(cnn2-c2ccc([N+](=O)[O-])cc2)c2nc3ccccc3c(-c3ccccc3)c12. The predicted octanol–water partition coefficient (Wildman–Crippen LogP) is 4.99. The second-order valence-corrected chi connectivity index (χ2v) is 7.64. The fourth-order valence-corrected chi connectivity index (χ4v) is 4.26. The maximum atomic E-state index is 13.4. The number of rotatable bonds is 3. The molecule has 0 fully saturated rings. The molecule has 6 rings (SSSR count). The molecule has 0 aliphatic carbocycles. The standard InChI is InChI=1S/C25H15N5O3/c31-25-22-21(15-6-2-1-3-7-15)18-8-4-5-9-20(18)27-23(22)19-14-26-29(24(19)28-25)16-10-12-17(13-11-16)30(32)33/h1-14H,(H,28,31). The van der Waals surface area contributed by atoms with Gasteiger partial charge in [0.1, 0.15) is 5.65 Å². The van der Waals surface area contributed by atoms with Crippen molar-refractivity contribution < 1.29 is 4.92 Å². The first-order valence-corrected chi connectivity index (χ1v) is 10.2. The molecule has 6 aromatic rings. The average molecular weight is 433 g/mol. The number of H-pyrrole nitrogens is 1. The Kier molecular flexibility index (Phi) is 4.06. The van der Waals surface area contributed by atoms with Crippen molar-refractivity contribution >= 4 is 38.5 Å². The van der Waals surface area contributed by atoms with E-state index in [1.165, 1.54) is 12.1 Å². The highest BCUT2D eigenvalue weighted by Gasteiger charge is 2.19. The van der Waals surface area contributed by atoms with Crippen molar-refractivity contribution in [3.63, 3.8) is 0 Å². The van der Waals surface area contributed by atoms with Crippen LogP contribution in [0.1, 0.15) is 0 Å². The van der Waals surface area contributed by atoms with E-state index >= 15 is 0 Å². The summed E-state index contributed by atoms with van der Waals surface area (Å²) in [6, 6.07) is 23.5. The molecular weight excluding hydrogens is 418 g/mol. The number of aromatic nitrogens is 4. The molecule has 33 heavy (non-hydrogen) atoms. The summed E-state index contributed by atoms with van der Waals surface area (Å²) in [4.78, 5) is 31.8. The average Bonchev–Trinajstić information content (AvgIpc) is 3.27. The van der Waals surface area contributed by atoms with E-state index in [9.17, 15) is 14.9 Å². The van der Waals surface area contributed by atoms with Gasteiger partial charge in [-0.05, 0) is 23.8 Å². The third kappa shape index (κ3) is 2.89. The number of benzene rings is 3. The molecule has 8 heteroatoms. The van der Waals surface area contributed by atoms with Crippen LogP contribution in [0.4, 0.5) is 5.69 Å². The van der Waals surface area contributed by atoms with Crippen LogP contribution in [0, 0.1) is 10.1 Å². The molecule has 0 spiro atoms. The van der Waals surface area contributed by atoms with Crippen LogP contribution in [-0.4, -0.2) is 24.7 Å². The summed E-state index contributed by atoms with van der Waals surface area (Å²) in [5, 5.41) is 17.5. The quantitative estimate of drug-likeness (QED) is 0.240. The Bertz CT molecular complexity index is 1750. The Morgan fingerprint density at radius 1 is 0.879 bits per heavy atom. The molecule has 0 bridgehead atoms. The van der Waals surface area contributed by atoms with Crippen LogP contribution >= 0.6 is 0 Å². The molecule has 8 nitrogen and oxygen atoms in total. The first kappa shape index (κ1) is 18.9. The van der Waals surface area contributed by atoms with Crippen molar-refractivity contribution in [2.24, 2.45) is 0 Å². The topological polar surface area (TPSA) is 107 Å². The maximum absolute atomic E-state index is 13.4. The van der Waals surface area contributed by atoms with E-state index in [1.54, 1.807) is 23.0 Å². The largest absolute Gasteiger partial charge is 0.306 e. The molecule has 0 atom stereocenters. The Balaban J connectivity index is 1.70. The minimum Gasteiger partial charge on any atom is -0.306 e. The van der Waals surface area contributed by atoms with Crippen molar-refractivity contribution in [2.45, 2.75) is 0 Å². The van der Waals surface area contributed by atoms with Crippen LogP contribution in [0.2, 0.25) is 0 Å². The zero-order valence-electron chi connectivity index (χ0n) is 17.1. The summed E-state index contributed by atoms with van der Waals surface area (Å²) in [6.45, 7) is 0. The number of non-ortho nitro benzene ring substituents is 1.